The normalized spacial score (nSPS) is 10.6. The monoisotopic (exact) mass is 285 g/mol. The zero-order valence-corrected chi connectivity index (χ0v) is 10.6. The van der Waals surface area contributed by atoms with E-state index in [1.165, 1.54) is 0 Å². The Morgan fingerprint density at radius 2 is 2.00 bits per heavy atom. The van der Waals surface area contributed by atoms with Crippen molar-refractivity contribution >= 4 is 5.91 Å². The molecular formula is C14H14F3NO2. The topological polar surface area (TPSA) is 49.3 Å². The number of aliphatic hydroxyl groups is 1. The number of amides is 1. The van der Waals surface area contributed by atoms with Crippen molar-refractivity contribution in [1.82, 2.24) is 5.32 Å². The summed E-state index contributed by atoms with van der Waals surface area (Å²) >= 11 is 0. The van der Waals surface area contributed by atoms with Crippen molar-refractivity contribution in [1.29, 1.82) is 0 Å². The summed E-state index contributed by atoms with van der Waals surface area (Å²) in [7, 11) is 0. The van der Waals surface area contributed by atoms with Gasteiger partial charge in [-0.25, -0.2) is 0 Å². The molecule has 0 atom stereocenters. The average molecular weight is 285 g/mol. The Morgan fingerprint density at radius 3 is 2.65 bits per heavy atom. The fraction of sp³-hybridized carbons (Fsp3) is 0.357. The summed E-state index contributed by atoms with van der Waals surface area (Å²) in [4.78, 5) is 11.3. The molecule has 1 aromatic carbocycles. The summed E-state index contributed by atoms with van der Waals surface area (Å²) in [5.41, 5.74) is 1.31. The van der Waals surface area contributed by atoms with E-state index >= 15 is 0 Å². The Balaban J connectivity index is 2.55. The predicted octanol–water partition coefficient (Wildman–Crippen LogP) is 1.99. The predicted molar refractivity (Wildman–Crippen MR) is 67.5 cm³/mol. The van der Waals surface area contributed by atoms with Gasteiger partial charge >= 0.3 is 6.18 Å². The molecule has 0 aliphatic rings. The third kappa shape index (κ3) is 6.25. The lowest BCUT2D eigenvalue weighted by Crippen LogP contribution is -2.24. The summed E-state index contributed by atoms with van der Waals surface area (Å²) in [5, 5.41) is 11.1. The van der Waals surface area contributed by atoms with Crippen LogP contribution in [0, 0.1) is 11.8 Å². The van der Waals surface area contributed by atoms with Gasteiger partial charge in [0.2, 0.25) is 5.91 Å². The lowest BCUT2D eigenvalue weighted by atomic mass is 10.1. The minimum atomic E-state index is -4.33. The molecule has 108 valence electrons. The van der Waals surface area contributed by atoms with Crippen molar-refractivity contribution in [3.63, 3.8) is 0 Å². The Hall–Kier alpha value is -2.00. The third-order valence-corrected chi connectivity index (χ3v) is 2.43. The molecular weight excluding hydrogens is 271 g/mol. The van der Waals surface area contributed by atoms with Crippen LogP contribution in [0.2, 0.25) is 0 Å². The molecule has 20 heavy (non-hydrogen) atoms. The molecule has 0 unspecified atom stereocenters. The van der Waals surface area contributed by atoms with Gasteiger partial charge in [-0.15, -0.1) is 0 Å². The number of nitrogens with one attached hydrogen (secondary N) is 1. The van der Waals surface area contributed by atoms with Crippen molar-refractivity contribution in [2.45, 2.75) is 25.6 Å². The molecule has 6 heteroatoms. The molecule has 1 aromatic rings. The first-order chi connectivity index (χ1) is 9.42. The van der Waals surface area contributed by atoms with Gasteiger partial charge in [-0.05, 0) is 11.6 Å². The SMILES string of the molecule is O=C(CCC(F)(F)F)NCc1ccccc1C#CCO. The highest BCUT2D eigenvalue weighted by molar-refractivity contribution is 5.76. The van der Waals surface area contributed by atoms with Crippen LogP contribution in [0.4, 0.5) is 13.2 Å². The summed E-state index contributed by atoms with van der Waals surface area (Å²) < 4.78 is 35.9. The van der Waals surface area contributed by atoms with Crippen molar-refractivity contribution in [2.24, 2.45) is 0 Å². The number of rotatable bonds is 4. The van der Waals surface area contributed by atoms with Crippen LogP contribution in [0.5, 0.6) is 0 Å². The Kier molecular flexibility index (Phi) is 6.07. The van der Waals surface area contributed by atoms with Gasteiger partial charge in [0.05, 0.1) is 6.42 Å². The van der Waals surface area contributed by atoms with Gasteiger partial charge in [0.15, 0.2) is 0 Å². The number of benzene rings is 1. The molecule has 2 N–H and O–H groups in total. The molecule has 0 bridgehead atoms. The highest BCUT2D eigenvalue weighted by atomic mass is 19.4. The molecule has 0 saturated carbocycles. The first-order valence-electron chi connectivity index (χ1n) is 5.93. The van der Waals surface area contributed by atoms with Gasteiger partial charge in [0.1, 0.15) is 6.61 Å². The van der Waals surface area contributed by atoms with Gasteiger partial charge in [0.25, 0.3) is 0 Å². The maximum Gasteiger partial charge on any atom is 0.389 e. The minimum Gasteiger partial charge on any atom is -0.384 e. The van der Waals surface area contributed by atoms with Gasteiger partial charge in [-0.3, -0.25) is 4.79 Å². The third-order valence-electron chi connectivity index (χ3n) is 2.43. The fourth-order valence-electron chi connectivity index (χ4n) is 1.47. The Bertz CT molecular complexity index is 515. The Labute approximate surface area is 114 Å². The summed E-state index contributed by atoms with van der Waals surface area (Å²) in [6.07, 6.45) is -6.05. The highest BCUT2D eigenvalue weighted by Crippen LogP contribution is 2.21. The second-order valence-electron chi connectivity index (χ2n) is 4.01. The number of carbonyl (C=O) groups excluding carboxylic acids is 1. The van der Waals surface area contributed by atoms with E-state index in [1.807, 2.05) is 0 Å². The minimum absolute atomic E-state index is 0.104. The second kappa shape index (κ2) is 7.56. The molecule has 1 amide bonds. The lowest BCUT2D eigenvalue weighted by molar-refractivity contribution is -0.144. The number of hydrogen-bond acceptors (Lipinski definition) is 2. The van der Waals surface area contributed by atoms with Gasteiger partial charge in [-0.1, -0.05) is 30.0 Å². The van der Waals surface area contributed by atoms with Crippen LogP contribution in [-0.2, 0) is 11.3 Å². The average Bonchev–Trinajstić information content (AvgIpc) is 2.40. The van der Waals surface area contributed by atoms with E-state index < -0.39 is 24.9 Å². The molecule has 1 rings (SSSR count). The molecule has 0 aliphatic heterocycles. The first-order valence-corrected chi connectivity index (χ1v) is 5.93. The van der Waals surface area contributed by atoms with E-state index in [0.29, 0.717) is 11.1 Å². The molecule has 3 nitrogen and oxygen atoms in total. The van der Waals surface area contributed by atoms with Crippen LogP contribution in [0.15, 0.2) is 24.3 Å². The molecule has 0 fully saturated rings. The van der Waals surface area contributed by atoms with Crippen LogP contribution in [0.1, 0.15) is 24.0 Å². The van der Waals surface area contributed by atoms with E-state index in [9.17, 15) is 18.0 Å². The zero-order valence-electron chi connectivity index (χ0n) is 10.6. The van der Waals surface area contributed by atoms with E-state index in [2.05, 4.69) is 17.2 Å². The van der Waals surface area contributed by atoms with E-state index in [0.717, 1.165) is 0 Å². The summed E-state index contributed by atoms with van der Waals surface area (Å²) in [5.74, 6) is 4.53. The second-order valence-corrected chi connectivity index (χ2v) is 4.01. The molecule has 0 spiro atoms. The molecule has 0 aliphatic carbocycles. The standard InChI is InChI=1S/C14H14F3NO2/c15-14(16,17)8-7-13(20)18-10-12-5-2-1-4-11(12)6-3-9-19/h1-2,4-5,19H,7-10H2,(H,18,20). The lowest BCUT2D eigenvalue weighted by Gasteiger charge is -2.08. The van der Waals surface area contributed by atoms with Crippen molar-refractivity contribution < 1.29 is 23.1 Å². The van der Waals surface area contributed by atoms with Crippen LogP contribution in [0.3, 0.4) is 0 Å². The molecule has 0 aromatic heterocycles. The number of aliphatic hydroxyl groups excluding tert-OH is 1. The van der Waals surface area contributed by atoms with E-state index in [-0.39, 0.29) is 13.2 Å². The molecule has 0 saturated heterocycles. The number of halogens is 3. The molecule has 0 heterocycles. The fourth-order valence-corrected chi connectivity index (χ4v) is 1.47. The maximum absolute atomic E-state index is 12.0. The van der Waals surface area contributed by atoms with Crippen LogP contribution >= 0.6 is 0 Å². The van der Waals surface area contributed by atoms with Gasteiger partial charge in [-0.2, -0.15) is 13.2 Å². The van der Waals surface area contributed by atoms with Crippen LogP contribution in [-0.4, -0.2) is 23.8 Å². The largest absolute Gasteiger partial charge is 0.389 e. The number of alkyl halides is 3. The quantitative estimate of drug-likeness (QED) is 0.831. The highest BCUT2D eigenvalue weighted by Gasteiger charge is 2.27. The van der Waals surface area contributed by atoms with Crippen molar-refractivity contribution in [3.8, 4) is 11.8 Å². The van der Waals surface area contributed by atoms with E-state index in [4.69, 9.17) is 5.11 Å². The summed E-state index contributed by atoms with van der Waals surface area (Å²) in [6.45, 7) is -0.181. The van der Waals surface area contributed by atoms with Crippen LogP contribution in [0.25, 0.3) is 0 Å². The molecule has 0 radical (unpaired) electrons. The van der Waals surface area contributed by atoms with Crippen molar-refractivity contribution in [3.05, 3.63) is 35.4 Å². The summed E-state index contributed by atoms with van der Waals surface area (Å²) in [6, 6.07) is 6.91. The van der Waals surface area contributed by atoms with Crippen molar-refractivity contribution in [2.75, 3.05) is 6.61 Å². The smallest absolute Gasteiger partial charge is 0.384 e. The first kappa shape index (κ1) is 16.1. The number of hydrogen-bond donors (Lipinski definition) is 2. The van der Waals surface area contributed by atoms with Crippen LogP contribution < -0.4 is 5.32 Å². The van der Waals surface area contributed by atoms with Gasteiger partial charge in [0, 0.05) is 18.5 Å². The van der Waals surface area contributed by atoms with E-state index in [1.54, 1.807) is 24.3 Å². The maximum atomic E-state index is 12.0. The Morgan fingerprint density at radius 1 is 1.30 bits per heavy atom. The van der Waals surface area contributed by atoms with Gasteiger partial charge < -0.3 is 10.4 Å². The zero-order chi connectivity index (χ0) is 15.0. The number of carbonyl (C=O) groups is 1.